The molecule has 0 bridgehead atoms. The van der Waals surface area contributed by atoms with Gasteiger partial charge < -0.3 is 0 Å². The smallest absolute Gasteiger partial charge is 0.0131 e. The molecule has 1 aromatic rings. The third-order valence-corrected chi connectivity index (χ3v) is 2.15. The maximum Gasteiger partial charge on any atom is -0.0131 e. The summed E-state index contributed by atoms with van der Waals surface area (Å²) < 4.78 is 0. The minimum Gasteiger partial charge on any atom is -0.0622 e. The predicted molar refractivity (Wildman–Crippen MR) is 42.6 cm³/mol. The fourth-order valence-electron chi connectivity index (χ4n) is 1.36. The molecule has 0 heteroatoms. The zero-order valence-corrected chi connectivity index (χ0v) is 5.96. The molecule has 0 N–H and O–H groups in total. The fourth-order valence-corrected chi connectivity index (χ4v) is 1.36. The van der Waals surface area contributed by atoms with Gasteiger partial charge in [-0.25, -0.2) is 0 Å². The molecular formula is C10H11. The molecule has 0 aliphatic heterocycles. The molecule has 0 aromatic heterocycles. The van der Waals surface area contributed by atoms with Crippen LogP contribution in [0.3, 0.4) is 0 Å². The Kier molecular flexibility index (Phi) is 1.26. The van der Waals surface area contributed by atoms with Crippen LogP contribution in [0.2, 0.25) is 0 Å². The lowest BCUT2D eigenvalue weighted by Gasteiger charge is -1.94. The standard InChI is InChI=1S/C10H11/c1-8-7-10(8)9-5-3-2-4-6-9/h2-6,8,10H,1,7H2/t8-,10-/m0/s1. The third kappa shape index (κ3) is 0.942. The number of rotatable bonds is 1. The summed E-state index contributed by atoms with van der Waals surface area (Å²) in [5.41, 5.74) is 1.46. The van der Waals surface area contributed by atoms with E-state index in [1.807, 2.05) is 0 Å². The molecule has 1 aromatic carbocycles. The van der Waals surface area contributed by atoms with E-state index in [1.165, 1.54) is 12.0 Å². The topological polar surface area (TPSA) is 0 Å². The van der Waals surface area contributed by atoms with Crippen molar-refractivity contribution in [2.24, 2.45) is 5.92 Å². The van der Waals surface area contributed by atoms with Crippen molar-refractivity contribution in [1.82, 2.24) is 0 Å². The van der Waals surface area contributed by atoms with Gasteiger partial charge in [0.1, 0.15) is 0 Å². The SMILES string of the molecule is [CH2][C@H]1C[C@@H]1c1ccccc1. The van der Waals surface area contributed by atoms with Crippen LogP contribution in [0.5, 0.6) is 0 Å². The van der Waals surface area contributed by atoms with Gasteiger partial charge in [0.25, 0.3) is 0 Å². The van der Waals surface area contributed by atoms with Crippen LogP contribution in [-0.4, -0.2) is 0 Å². The first-order valence-corrected chi connectivity index (χ1v) is 3.76. The van der Waals surface area contributed by atoms with Crippen LogP contribution in [0.25, 0.3) is 0 Å². The van der Waals surface area contributed by atoms with E-state index in [4.69, 9.17) is 0 Å². The Balaban J connectivity index is 2.20. The van der Waals surface area contributed by atoms with Crippen molar-refractivity contribution in [3.8, 4) is 0 Å². The minimum absolute atomic E-state index is 0.683. The molecule has 1 radical (unpaired) electrons. The van der Waals surface area contributed by atoms with E-state index >= 15 is 0 Å². The molecule has 2 atom stereocenters. The van der Waals surface area contributed by atoms with Gasteiger partial charge in [0.15, 0.2) is 0 Å². The van der Waals surface area contributed by atoms with E-state index in [1.54, 1.807) is 0 Å². The lowest BCUT2D eigenvalue weighted by Crippen LogP contribution is -1.77. The highest BCUT2D eigenvalue weighted by atomic mass is 14.4. The molecule has 1 fully saturated rings. The van der Waals surface area contributed by atoms with Crippen molar-refractivity contribution in [1.29, 1.82) is 0 Å². The molecule has 10 heavy (non-hydrogen) atoms. The van der Waals surface area contributed by atoms with Gasteiger partial charge in [0.2, 0.25) is 0 Å². The van der Waals surface area contributed by atoms with Crippen LogP contribution in [-0.2, 0) is 0 Å². The van der Waals surface area contributed by atoms with E-state index in [9.17, 15) is 0 Å². The van der Waals surface area contributed by atoms with E-state index in [2.05, 4.69) is 37.3 Å². The third-order valence-electron chi connectivity index (χ3n) is 2.15. The summed E-state index contributed by atoms with van der Waals surface area (Å²) in [5, 5.41) is 0. The van der Waals surface area contributed by atoms with Crippen molar-refractivity contribution in [3.63, 3.8) is 0 Å². The van der Waals surface area contributed by atoms with Crippen molar-refractivity contribution in [2.75, 3.05) is 0 Å². The zero-order valence-electron chi connectivity index (χ0n) is 5.96. The summed E-state index contributed by atoms with van der Waals surface area (Å²) in [7, 11) is 0. The molecule has 0 heterocycles. The average molecular weight is 131 g/mol. The van der Waals surface area contributed by atoms with Crippen molar-refractivity contribution < 1.29 is 0 Å². The van der Waals surface area contributed by atoms with Gasteiger partial charge in [-0.3, -0.25) is 0 Å². The quantitative estimate of drug-likeness (QED) is 0.549. The maximum atomic E-state index is 4.01. The monoisotopic (exact) mass is 131 g/mol. The summed E-state index contributed by atoms with van der Waals surface area (Å²) in [4.78, 5) is 0. The molecule has 0 unspecified atom stereocenters. The second-order valence-electron chi connectivity index (χ2n) is 3.01. The molecule has 0 amide bonds. The van der Waals surface area contributed by atoms with Crippen molar-refractivity contribution in [3.05, 3.63) is 42.8 Å². The van der Waals surface area contributed by atoms with Gasteiger partial charge >= 0.3 is 0 Å². The van der Waals surface area contributed by atoms with Crippen molar-refractivity contribution >= 4 is 0 Å². The number of hydrogen-bond donors (Lipinski definition) is 0. The molecule has 1 aliphatic rings. The maximum absolute atomic E-state index is 4.01. The summed E-state index contributed by atoms with van der Waals surface area (Å²) in [6.45, 7) is 4.01. The van der Waals surface area contributed by atoms with Gasteiger partial charge in [0, 0.05) is 0 Å². The van der Waals surface area contributed by atoms with E-state index in [0.717, 1.165) is 5.92 Å². The Bertz CT molecular complexity index is 213. The Morgan fingerprint density at radius 3 is 2.30 bits per heavy atom. The Morgan fingerprint density at radius 1 is 1.20 bits per heavy atom. The first-order chi connectivity index (χ1) is 4.88. The van der Waals surface area contributed by atoms with Crippen molar-refractivity contribution in [2.45, 2.75) is 12.3 Å². The highest BCUT2D eigenvalue weighted by Gasteiger charge is 2.33. The minimum atomic E-state index is 0.683. The molecule has 51 valence electrons. The summed E-state index contributed by atoms with van der Waals surface area (Å²) in [5.74, 6) is 1.45. The molecule has 1 aliphatic carbocycles. The van der Waals surface area contributed by atoms with Crippen LogP contribution in [0.15, 0.2) is 30.3 Å². The van der Waals surface area contributed by atoms with Gasteiger partial charge in [-0.2, -0.15) is 0 Å². The molecule has 2 rings (SSSR count). The Labute approximate surface area is 61.9 Å². The summed E-state index contributed by atoms with van der Waals surface area (Å²) in [6.07, 6.45) is 1.28. The van der Waals surface area contributed by atoms with Gasteiger partial charge in [-0.1, -0.05) is 30.3 Å². The van der Waals surface area contributed by atoms with Gasteiger partial charge in [-0.15, -0.1) is 0 Å². The molecule has 1 saturated carbocycles. The summed E-state index contributed by atoms with van der Waals surface area (Å²) >= 11 is 0. The highest BCUT2D eigenvalue weighted by Crippen LogP contribution is 2.46. The van der Waals surface area contributed by atoms with E-state index < -0.39 is 0 Å². The lowest BCUT2D eigenvalue weighted by molar-refractivity contribution is 1.01. The highest BCUT2D eigenvalue weighted by molar-refractivity contribution is 5.25. The average Bonchev–Trinajstić information content (AvgIpc) is 2.69. The van der Waals surface area contributed by atoms with Gasteiger partial charge in [0.05, 0.1) is 0 Å². The largest absolute Gasteiger partial charge is 0.0622 e. The molecular weight excluding hydrogens is 120 g/mol. The zero-order chi connectivity index (χ0) is 6.97. The second-order valence-corrected chi connectivity index (χ2v) is 3.01. The first kappa shape index (κ1) is 5.96. The van der Waals surface area contributed by atoms with Crippen LogP contribution in [0.1, 0.15) is 17.9 Å². The molecule has 0 nitrogen and oxygen atoms in total. The fraction of sp³-hybridized carbons (Fsp3) is 0.300. The van der Waals surface area contributed by atoms with Gasteiger partial charge in [-0.05, 0) is 30.7 Å². The van der Waals surface area contributed by atoms with E-state index in [0.29, 0.717) is 5.92 Å². The lowest BCUT2D eigenvalue weighted by atomic mass is 10.1. The second kappa shape index (κ2) is 2.12. The molecule has 0 spiro atoms. The van der Waals surface area contributed by atoms with Crippen LogP contribution in [0, 0.1) is 12.8 Å². The Hall–Kier alpha value is -0.780. The number of benzene rings is 1. The van der Waals surface area contributed by atoms with E-state index in [-0.39, 0.29) is 0 Å². The first-order valence-electron chi connectivity index (χ1n) is 3.76. The Morgan fingerprint density at radius 2 is 1.80 bits per heavy atom. The summed E-state index contributed by atoms with van der Waals surface area (Å²) in [6, 6.07) is 10.6. The normalized spacial score (nSPS) is 30.1. The number of hydrogen-bond acceptors (Lipinski definition) is 0. The van der Waals surface area contributed by atoms with Crippen LogP contribution in [0.4, 0.5) is 0 Å². The molecule has 0 saturated heterocycles. The van der Waals surface area contributed by atoms with Crippen LogP contribution < -0.4 is 0 Å². The predicted octanol–water partition coefficient (Wildman–Crippen LogP) is 2.62. The van der Waals surface area contributed by atoms with Crippen LogP contribution >= 0.6 is 0 Å².